The third-order valence-corrected chi connectivity index (χ3v) is 2.74. The number of nitrogens with zero attached hydrogens (tertiary/aromatic N) is 1. The Bertz CT molecular complexity index is 542. The first kappa shape index (κ1) is 16.6. The minimum absolute atomic E-state index is 0.0779. The van der Waals surface area contributed by atoms with Crippen LogP contribution in [-0.4, -0.2) is 23.4 Å². The standard InChI is InChI=1S/C14H18N2O5/c1-3-5-6-13(17)15-11-8-7-10(14(18)21-4-2)9-12(11)16(19)20/h7-9H,3-6H2,1-2H3,(H,15,17). The van der Waals surface area contributed by atoms with Gasteiger partial charge in [-0.05, 0) is 25.5 Å². The highest BCUT2D eigenvalue weighted by Gasteiger charge is 2.19. The molecule has 114 valence electrons. The van der Waals surface area contributed by atoms with Crippen molar-refractivity contribution >= 4 is 23.3 Å². The summed E-state index contributed by atoms with van der Waals surface area (Å²) in [6, 6.07) is 3.84. The maximum atomic E-state index is 11.6. The van der Waals surface area contributed by atoms with Crippen LogP contribution in [0.15, 0.2) is 18.2 Å². The molecule has 0 aliphatic rings. The van der Waals surface area contributed by atoms with E-state index in [1.54, 1.807) is 6.92 Å². The summed E-state index contributed by atoms with van der Waals surface area (Å²) in [6.45, 7) is 3.78. The van der Waals surface area contributed by atoms with Crippen LogP contribution in [0.3, 0.4) is 0 Å². The number of hydrogen-bond donors (Lipinski definition) is 1. The van der Waals surface area contributed by atoms with Crippen molar-refractivity contribution in [3.8, 4) is 0 Å². The monoisotopic (exact) mass is 294 g/mol. The van der Waals surface area contributed by atoms with E-state index in [9.17, 15) is 19.7 Å². The zero-order chi connectivity index (χ0) is 15.8. The molecule has 0 radical (unpaired) electrons. The molecule has 1 aromatic rings. The van der Waals surface area contributed by atoms with Gasteiger partial charge in [-0.3, -0.25) is 14.9 Å². The fraction of sp³-hybridized carbons (Fsp3) is 0.429. The van der Waals surface area contributed by atoms with Crippen LogP contribution in [-0.2, 0) is 9.53 Å². The molecule has 1 amide bonds. The molecule has 0 heterocycles. The van der Waals surface area contributed by atoms with E-state index in [0.717, 1.165) is 12.5 Å². The molecular formula is C14H18N2O5. The molecule has 0 aliphatic carbocycles. The van der Waals surface area contributed by atoms with Gasteiger partial charge in [0.15, 0.2) is 0 Å². The third-order valence-electron chi connectivity index (χ3n) is 2.74. The fourth-order valence-corrected chi connectivity index (χ4v) is 1.68. The van der Waals surface area contributed by atoms with Gasteiger partial charge in [-0.2, -0.15) is 0 Å². The second-order valence-corrected chi connectivity index (χ2v) is 4.36. The molecule has 0 fully saturated rings. The number of anilines is 1. The van der Waals surface area contributed by atoms with Crippen molar-refractivity contribution in [2.24, 2.45) is 0 Å². The Hall–Kier alpha value is -2.44. The van der Waals surface area contributed by atoms with Crippen molar-refractivity contribution in [2.45, 2.75) is 33.1 Å². The number of nitrogens with one attached hydrogen (secondary N) is 1. The lowest BCUT2D eigenvalue weighted by molar-refractivity contribution is -0.384. The van der Waals surface area contributed by atoms with Crippen molar-refractivity contribution in [2.75, 3.05) is 11.9 Å². The van der Waals surface area contributed by atoms with E-state index < -0.39 is 10.9 Å². The summed E-state index contributed by atoms with van der Waals surface area (Å²) >= 11 is 0. The number of unbranched alkanes of at least 4 members (excludes halogenated alkanes) is 1. The van der Waals surface area contributed by atoms with Gasteiger partial charge in [0.2, 0.25) is 5.91 Å². The van der Waals surface area contributed by atoms with Gasteiger partial charge in [-0.1, -0.05) is 13.3 Å². The van der Waals surface area contributed by atoms with Gasteiger partial charge in [0.05, 0.1) is 17.1 Å². The lowest BCUT2D eigenvalue weighted by Gasteiger charge is -2.07. The number of benzene rings is 1. The average molecular weight is 294 g/mol. The van der Waals surface area contributed by atoms with Crippen molar-refractivity contribution in [3.05, 3.63) is 33.9 Å². The Kier molecular flexibility index (Phi) is 6.32. The van der Waals surface area contributed by atoms with Crippen molar-refractivity contribution < 1.29 is 19.2 Å². The zero-order valence-corrected chi connectivity index (χ0v) is 12.0. The molecule has 1 rings (SSSR count). The maximum absolute atomic E-state index is 11.6. The Labute approximate surface area is 122 Å². The van der Waals surface area contributed by atoms with E-state index in [-0.39, 0.29) is 29.5 Å². The van der Waals surface area contributed by atoms with Crippen LogP contribution in [0.1, 0.15) is 43.5 Å². The molecule has 1 aromatic carbocycles. The van der Waals surface area contributed by atoms with E-state index in [0.29, 0.717) is 12.8 Å². The first-order valence-electron chi connectivity index (χ1n) is 6.75. The van der Waals surface area contributed by atoms with Crippen LogP contribution in [0.25, 0.3) is 0 Å². The summed E-state index contributed by atoms with van der Waals surface area (Å²) in [6.07, 6.45) is 1.87. The Morgan fingerprint density at radius 2 is 2.05 bits per heavy atom. The van der Waals surface area contributed by atoms with Gasteiger partial charge >= 0.3 is 5.97 Å². The summed E-state index contributed by atoms with van der Waals surface area (Å²) in [4.78, 5) is 33.6. The number of carbonyl (C=O) groups excluding carboxylic acids is 2. The minimum atomic E-state index is -0.641. The molecule has 0 bridgehead atoms. The first-order valence-corrected chi connectivity index (χ1v) is 6.75. The highest BCUT2D eigenvalue weighted by molar-refractivity contribution is 5.96. The number of esters is 1. The molecule has 21 heavy (non-hydrogen) atoms. The van der Waals surface area contributed by atoms with Crippen molar-refractivity contribution in [3.63, 3.8) is 0 Å². The van der Waals surface area contributed by atoms with Gasteiger partial charge in [-0.15, -0.1) is 0 Å². The Morgan fingerprint density at radius 3 is 2.62 bits per heavy atom. The van der Waals surface area contributed by atoms with Gasteiger partial charge in [-0.25, -0.2) is 4.79 Å². The molecule has 0 saturated heterocycles. The molecule has 0 atom stereocenters. The van der Waals surface area contributed by atoms with E-state index in [1.165, 1.54) is 12.1 Å². The number of rotatable bonds is 7. The second kappa shape index (κ2) is 7.98. The van der Waals surface area contributed by atoms with Crippen molar-refractivity contribution in [1.82, 2.24) is 0 Å². The summed E-state index contributed by atoms with van der Waals surface area (Å²) in [7, 11) is 0. The van der Waals surface area contributed by atoms with Crippen LogP contribution in [0.4, 0.5) is 11.4 Å². The summed E-state index contributed by atoms with van der Waals surface area (Å²) in [5, 5.41) is 13.5. The number of carbonyl (C=O) groups is 2. The molecule has 0 spiro atoms. The van der Waals surface area contributed by atoms with Crippen LogP contribution in [0.2, 0.25) is 0 Å². The van der Waals surface area contributed by atoms with Crippen LogP contribution in [0.5, 0.6) is 0 Å². The van der Waals surface area contributed by atoms with Crippen LogP contribution in [0, 0.1) is 10.1 Å². The van der Waals surface area contributed by atoms with Gasteiger partial charge in [0, 0.05) is 12.5 Å². The SMILES string of the molecule is CCCCC(=O)Nc1ccc(C(=O)OCC)cc1[N+](=O)[O-]. The van der Waals surface area contributed by atoms with E-state index in [1.807, 2.05) is 6.92 Å². The second-order valence-electron chi connectivity index (χ2n) is 4.36. The average Bonchev–Trinajstić information content (AvgIpc) is 2.45. The fourth-order valence-electron chi connectivity index (χ4n) is 1.68. The predicted octanol–water partition coefficient (Wildman–Crippen LogP) is 2.90. The van der Waals surface area contributed by atoms with E-state index in [4.69, 9.17) is 4.74 Å². The smallest absolute Gasteiger partial charge is 0.338 e. The quantitative estimate of drug-likeness (QED) is 0.473. The normalized spacial score (nSPS) is 10.0. The van der Waals surface area contributed by atoms with Gasteiger partial charge < -0.3 is 10.1 Å². The molecule has 7 nitrogen and oxygen atoms in total. The third kappa shape index (κ3) is 4.87. The summed E-state index contributed by atoms with van der Waals surface area (Å²) in [5.74, 6) is -0.923. The first-order chi connectivity index (χ1) is 9.99. The van der Waals surface area contributed by atoms with Crippen LogP contribution >= 0.6 is 0 Å². The Balaban J connectivity index is 2.97. The highest BCUT2D eigenvalue weighted by atomic mass is 16.6. The molecular weight excluding hydrogens is 276 g/mol. The number of ether oxygens (including phenoxy) is 1. The molecule has 0 aromatic heterocycles. The zero-order valence-electron chi connectivity index (χ0n) is 12.0. The Morgan fingerprint density at radius 1 is 1.33 bits per heavy atom. The van der Waals surface area contributed by atoms with Crippen molar-refractivity contribution in [1.29, 1.82) is 0 Å². The van der Waals surface area contributed by atoms with E-state index >= 15 is 0 Å². The predicted molar refractivity (Wildman–Crippen MR) is 77.2 cm³/mol. The molecule has 7 heteroatoms. The van der Waals surface area contributed by atoms with Gasteiger partial charge in [0.25, 0.3) is 5.69 Å². The number of nitro groups is 1. The minimum Gasteiger partial charge on any atom is -0.462 e. The maximum Gasteiger partial charge on any atom is 0.338 e. The molecule has 0 saturated carbocycles. The number of nitro benzene ring substituents is 1. The van der Waals surface area contributed by atoms with Crippen LogP contribution < -0.4 is 5.32 Å². The summed E-state index contributed by atoms with van der Waals surface area (Å²) in [5.41, 5.74) is -0.172. The van der Waals surface area contributed by atoms with Gasteiger partial charge in [0.1, 0.15) is 5.69 Å². The largest absolute Gasteiger partial charge is 0.462 e. The van der Waals surface area contributed by atoms with E-state index in [2.05, 4.69) is 5.32 Å². The highest BCUT2D eigenvalue weighted by Crippen LogP contribution is 2.26. The lowest BCUT2D eigenvalue weighted by atomic mass is 10.1. The molecule has 0 aliphatic heterocycles. The molecule has 1 N–H and O–H groups in total. The lowest BCUT2D eigenvalue weighted by Crippen LogP contribution is -2.13. The number of hydrogen-bond acceptors (Lipinski definition) is 5. The topological polar surface area (TPSA) is 98.5 Å². The molecule has 0 unspecified atom stereocenters. The number of amides is 1. The summed E-state index contributed by atoms with van der Waals surface area (Å²) < 4.78 is 4.79.